The van der Waals surface area contributed by atoms with Crippen LogP contribution in [0, 0.1) is 11.3 Å². The summed E-state index contributed by atoms with van der Waals surface area (Å²) in [5.74, 6) is 1.72. The van der Waals surface area contributed by atoms with E-state index >= 15 is 0 Å². The van der Waals surface area contributed by atoms with Crippen molar-refractivity contribution in [1.29, 1.82) is 0 Å². The van der Waals surface area contributed by atoms with Gasteiger partial charge in [0.1, 0.15) is 0 Å². The molecule has 2 rings (SSSR count). The van der Waals surface area contributed by atoms with E-state index in [0.29, 0.717) is 11.3 Å². The fraction of sp³-hybridized carbons (Fsp3) is 0.909. The predicted molar refractivity (Wildman–Crippen MR) is 57.4 cm³/mol. The normalized spacial score (nSPS) is 37.0. The third-order valence-corrected chi connectivity index (χ3v) is 4.34. The molecule has 80 valence electrons. The Morgan fingerprint density at radius 2 is 2.36 bits per heavy atom. The molecule has 14 heavy (non-hydrogen) atoms. The summed E-state index contributed by atoms with van der Waals surface area (Å²) in [6.45, 7) is 3.62. The van der Waals surface area contributed by atoms with Crippen LogP contribution < -0.4 is 0 Å². The highest BCUT2D eigenvalue weighted by molar-refractivity contribution is 6.18. The minimum absolute atomic E-state index is 0.233. The van der Waals surface area contributed by atoms with Crippen molar-refractivity contribution in [3.8, 4) is 0 Å². The van der Waals surface area contributed by atoms with E-state index in [4.69, 9.17) is 11.6 Å². The quantitative estimate of drug-likeness (QED) is 0.615. The number of carbonyl (C=O) groups excluding carboxylic acids is 1. The number of hydrogen-bond acceptors (Lipinski definition) is 1. The summed E-state index contributed by atoms with van der Waals surface area (Å²) in [7, 11) is 0. The molecule has 1 saturated carbocycles. The Morgan fingerprint density at radius 1 is 1.57 bits per heavy atom. The lowest BCUT2D eigenvalue weighted by molar-refractivity contribution is -0.128. The summed E-state index contributed by atoms with van der Waals surface area (Å²) < 4.78 is 0. The molecular formula is C11H18ClNO. The standard InChI is InChI=1S/C11H18ClNO/c1-9(14)13-5-4-11(8-13)3-2-10(6-11)7-12/h10H,2-8H2,1H3/t10-,11-/m0/s1. The third-order valence-electron chi connectivity index (χ3n) is 3.91. The van der Waals surface area contributed by atoms with Crippen LogP contribution in [-0.4, -0.2) is 29.8 Å². The van der Waals surface area contributed by atoms with E-state index in [2.05, 4.69) is 0 Å². The van der Waals surface area contributed by atoms with Crippen molar-refractivity contribution in [3.05, 3.63) is 0 Å². The van der Waals surface area contributed by atoms with Crippen LogP contribution in [0.3, 0.4) is 0 Å². The van der Waals surface area contributed by atoms with Gasteiger partial charge in [-0.15, -0.1) is 11.6 Å². The summed E-state index contributed by atoms with van der Waals surface area (Å²) in [4.78, 5) is 13.2. The van der Waals surface area contributed by atoms with Crippen LogP contribution >= 0.6 is 11.6 Å². The second kappa shape index (κ2) is 3.73. The van der Waals surface area contributed by atoms with Gasteiger partial charge in [0.05, 0.1) is 0 Å². The monoisotopic (exact) mass is 215 g/mol. The highest BCUT2D eigenvalue weighted by Crippen LogP contribution is 2.48. The molecular weight excluding hydrogens is 198 g/mol. The summed E-state index contributed by atoms with van der Waals surface area (Å²) in [6.07, 6.45) is 4.96. The average molecular weight is 216 g/mol. The molecule has 2 aliphatic rings. The SMILES string of the molecule is CC(=O)N1CC[C@]2(CC[C@H](CCl)C2)C1. The minimum atomic E-state index is 0.233. The Hall–Kier alpha value is -0.240. The molecule has 1 aliphatic carbocycles. The zero-order valence-electron chi connectivity index (χ0n) is 8.76. The Kier molecular flexibility index (Phi) is 2.74. The van der Waals surface area contributed by atoms with Crippen LogP contribution in [0.1, 0.15) is 32.6 Å². The average Bonchev–Trinajstić information content (AvgIpc) is 2.74. The molecule has 0 bridgehead atoms. The van der Waals surface area contributed by atoms with Gasteiger partial charge in [-0.05, 0) is 37.0 Å². The highest BCUT2D eigenvalue weighted by Gasteiger charge is 2.44. The topological polar surface area (TPSA) is 20.3 Å². The minimum Gasteiger partial charge on any atom is -0.342 e. The van der Waals surface area contributed by atoms with Gasteiger partial charge in [-0.1, -0.05) is 0 Å². The molecule has 2 nitrogen and oxygen atoms in total. The fourth-order valence-corrected chi connectivity index (χ4v) is 3.30. The van der Waals surface area contributed by atoms with Crippen LogP contribution in [0.15, 0.2) is 0 Å². The number of carbonyl (C=O) groups is 1. The van der Waals surface area contributed by atoms with Crippen molar-refractivity contribution in [3.63, 3.8) is 0 Å². The van der Waals surface area contributed by atoms with Gasteiger partial charge in [-0.2, -0.15) is 0 Å². The predicted octanol–water partition coefficient (Wildman–Crippen LogP) is 2.26. The number of halogens is 1. The summed E-state index contributed by atoms with van der Waals surface area (Å²) in [5.41, 5.74) is 0.436. The molecule has 1 heterocycles. The van der Waals surface area contributed by atoms with Crippen molar-refractivity contribution in [2.75, 3.05) is 19.0 Å². The summed E-state index contributed by atoms with van der Waals surface area (Å²) >= 11 is 5.89. The maximum absolute atomic E-state index is 11.2. The van der Waals surface area contributed by atoms with E-state index in [9.17, 15) is 4.79 Å². The van der Waals surface area contributed by atoms with Crippen molar-refractivity contribution < 1.29 is 4.79 Å². The summed E-state index contributed by atoms with van der Waals surface area (Å²) in [6, 6.07) is 0. The first-order valence-electron chi connectivity index (χ1n) is 5.47. The molecule has 0 aromatic heterocycles. The number of hydrogen-bond donors (Lipinski definition) is 0. The number of likely N-dealkylation sites (tertiary alicyclic amines) is 1. The molecule has 2 atom stereocenters. The Balaban J connectivity index is 1.97. The van der Waals surface area contributed by atoms with E-state index in [1.54, 1.807) is 6.92 Å². The van der Waals surface area contributed by atoms with Gasteiger partial charge in [0, 0.05) is 25.9 Å². The first kappa shape index (κ1) is 10.3. The van der Waals surface area contributed by atoms with Gasteiger partial charge in [-0.3, -0.25) is 4.79 Å². The van der Waals surface area contributed by atoms with Gasteiger partial charge in [0.25, 0.3) is 0 Å². The maximum Gasteiger partial charge on any atom is 0.219 e. The molecule has 1 spiro atoms. The number of nitrogens with zero attached hydrogens (tertiary/aromatic N) is 1. The molecule has 0 radical (unpaired) electrons. The van der Waals surface area contributed by atoms with Gasteiger partial charge in [0.2, 0.25) is 5.91 Å². The van der Waals surface area contributed by atoms with Gasteiger partial charge in [0.15, 0.2) is 0 Å². The van der Waals surface area contributed by atoms with Gasteiger partial charge in [-0.25, -0.2) is 0 Å². The Morgan fingerprint density at radius 3 is 2.86 bits per heavy atom. The molecule has 0 N–H and O–H groups in total. The van der Waals surface area contributed by atoms with Gasteiger partial charge >= 0.3 is 0 Å². The lowest BCUT2D eigenvalue weighted by Gasteiger charge is -2.23. The molecule has 1 amide bonds. The van der Waals surface area contributed by atoms with E-state index in [1.165, 1.54) is 25.7 Å². The largest absolute Gasteiger partial charge is 0.342 e. The number of amides is 1. The second-order valence-corrected chi connectivity index (χ2v) is 5.26. The molecule has 1 aliphatic heterocycles. The lowest BCUT2D eigenvalue weighted by Crippen LogP contribution is -2.29. The molecule has 0 unspecified atom stereocenters. The Bertz CT molecular complexity index is 243. The van der Waals surface area contributed by atoms with Gasteiger partial charge < -0.3 is 4.90 Å². The first-order valence-corrected chi connectivity index (χ1v) is 6.00. The van der Waals surface area contributed by atoms with E-state index in [-0.39, 0.29) is 5.91 Å². The van der Waals surface area contributed by atoms with Crippen LogP contribution in [0.2, 0.25) is 0 Å². The van der Waals surface area contributed by atoms with E-state index in [1.807, 2.05) is 4.90 Å². The van der Waals surface area contributed by atoms with Crippen molar-refractivity contribution in [1.82, 2.24) is 4.90 Å². The first-order chi connectivity index (χ1) is 6.65. The molecule has 2 fully saturated rings. The van der Waals surface area contributed by atoms with Crippen LogP contribution in [-0.2, 0) is 4.79 Å². The maximum atomic E-state index is 11.2. The van der Waals surface area contributed by atoms with Crippen molar-refractivity contribution >= 4 is 17.5 Å². The van der Waals surface area contributed by atoms with E-state index < -0.39 is 0 Å². The number of rotatable bonds is 1. The zero-order chi connectivity index (χ0) is 10.2. The summed E-state index contributed by atoms with van der Waals surface area (Å²) in [5, 5.41) is 0. The molecule has 0 aromatic rings. The van der Waals surface area contributed by atoms with Crippen molar-refractivity contribution in [2.24, 2.45) is 11.3 Å². The molecule has 1 saturated heterocycles. The smallest absolute Gasteiger partial charge is 0.219 e. The van der Waals surface area contributed by atoms with Crippen LogP contribution in [0.5, 0.6) is 0 Å². The van der Waals surface area contributed by atoms with Crippen LogP contribution in [0.25, 0.3) is 0 Å². The van der Waals surface area contributed by atoms with Crippen LogP contribution in [0.4, 0.5) is 0 Å². The fourth-order valence-electron chi connectivity index (χ4n) is 3.03. The highest BCUT2D eigenvalue weighted by atomic mass is 35.5. The second-order valence-electron chi connectivity index (χ2n) is 4.95. The lowest BCUT2D eigenvalue weighted by atomic mass is 9.85. The molecule has 3 heteroatoms. The molecule has 0 aromatic carbocycles. The zero-order valence-corrected chi connectivity index (χ0v) is 9.52. The Labute approximate surface area is 90.6 Å². The number of alkyl halides is 1. The van der Waals surface area contributed by atoms with Crippen molar-refractivity contribution in [2.45, 2.75) is 32.6 Å². The third kappa shape index (κ3) is 1.77. The van der Waals surface area contributed by atoms with E-state index in [0.717, 1.165) is 19.0 Å².